The third kappa shape index (κ3) is 3.03. The van der Waals surface area contributed by atoms with Crippen LogP contribution in [0.2, 0.25) is 0 Å². The van der Waals surface area contributed by atoms with Crippen LogP contribution in [0.1, 0.15) is 30.4 Å². The minimum Gasteiger partial charge on any atom is -0.480 e. The zero-order valence-electron chi connectivity index (χ0n) is 9.35. The Labute approximate surface area is 97.5 Å². The van der Waals surface area contributed by atoms with Crippen LogP contribution in [-0.4, -0.2) is 28.0 Å². The summed E-state index contributed by atoms with van der Waals surface area (Å²) in [6, 6.07) is -0.915. The standard InChI is InChI=1S/C10H14N2O3S/c1-10(2,3)7(9(14)15)12-8(13)6-4-11-5-16-6/h4-5,7H,1-3H3,(H,12,13)(H,14,15)/t7-/m0/s1. The van der Waals surface area contributed by atoms with Gasteiger partial charge < -0.3 is 10.4 Å². The van der Waals surface area contributed by atoms with Gasteiger partial charge in [0.1, 0.15) is 10.9 Å². The van der Waals surface area contributed by atoms with Crippen molar-refractivity contribution < 1.29 is 14.7 Å². The van der Waals surface area contributed by atoms with Crippen molar-refractivity contribution in [3.05, 3.63) is 16.6 Å². The van der Waals surface area contributed by atoms with Crippen molar-refractivity contribution in [3.63, 3.8) is 0 Å². The Morgan fingerprint density at radius 2 is 2.12 bits per heavy atom. The molecule has 0 bridgehead atoms. The Morgan fingerprint density at radius 3 is 2.50 bits per heavy atom. The number of aromatic nitrogens is 1. The smallest absolute Gasteiger partial charge is 0.326 e. The lowest BCUT2D eigenvalue weighted by molar-refractivity contribution is -0.142. The number of carbonyl (C=O) groups excluding carboxylic acids is 1. The van der Waals surface area contributed by atoms with Gasteiger partial charge in [-0.2, -0.15) is 0 Å². The van der Waals surface area contributed by atoms with Gasteiger partial charge in [0.2, 0.25) is 0 Å². The van der Waals surface area contributed by atoms with Crippen LogP contribution in [0.3, 0.4) is 0 Å². The number of amides is 1. The molecule has 88 valence electrons. The second kappa shape index (κ2) is 4.61. The molecule has 0 unspecified atom stereocenters. The van der Waals surface area contributed by atoms with E-state index in [0.29, 0.717) is 4.88 Å². The van der Waals surface area contributed by atoms with Crippen LogP contribution in [0.5, 0.6) is 0 Å². The topological polar surface area (TPSA) is 79.3 Å². The highest BCUT2D eigenvalue weighted by Crippen LogP contribution is 2.20. The van der Waals surface area contributed by atoms with E-state index in [9.17, 15) is 9.59 Å². The number of nitrogens with one attached hydrogen (secondary N) is 1. The molecule has 0 radical (unpaired) electrons. The van der Waals surface area contributed by atoms with E-state index in [0.717, 1.165) is 0 Å². The van der Waals surface area contributed by atoms with Crippen LogP contribution in [0.15, 0.2) is 11.7 Å². The Kier molecular flexibility index (Phi) is 3.64. The van der Waals surface area contributed by atoms with Crippen molar-refractivity contribution in [2.75, 3.05) is 0 Å². The maximum Gasteiger partial charge on any atom is 0.326 e. The highest BCUT2D eigenvalue weighted by atomic mass is 32.1. The van der Waals surface area contributed by atoms with Crippen molar-refractivity contribution in [2.24, 2.45) is 5.41 Å². The molecule has 1 rings (SSSR count). The van der Waals surface area contributed by atoms with Gasteiger partial charge in [0.05, 0.1) is 11.7 Å². The lowest BCUT2D eigenvalue weighted by Crippen LogP contribution is -2.48. The average molecular weight is 242 g/mol. The van der Waals surface area contributed by atoms with Gasteiger partial charge >= 0.3 is 5.97 Å². The fourth-order valence-electron chi connectivity index (χ4n) is 1.18. The van der Waals surface area contributed by atoms with Crippen LogP contribution in [0.25, 0.3) is 0 Å². The van der Waals surface area contributed by atoms with E-state index in [1.165, 1.54) is 23.0 Å². The maximum atomic E-state index is 11.7. The van der Waals surface area contributed by atoms with Gasteiger partial charge in [-0.05, 0) is 5.41 Å². The summed E-state index contributed by atoms with van der Waals surface area (Å²) < 4.78 is 0. The van der Waals surface area contributed by atoms with Gasteiger partial charge in [-0.15, -0.1) is 11.3 Å². The summed E-state index contributed by atoms with van der Waals surface area (Å²) in [4.78, 5) is 26.9. The normalized spacial score (nSPS) is 13.2. The molecule has 1 aromatic rings. The second-order valence-electron chi connectivity index (χ2n) is 4.48. The summed E-state index contributed by atoms with van der Waals surface area (Å²) in [5.41, 5.74) is 0.994. The van der Waals surface area contributed by atoms with E-state index in [2.05, 4.69) is 10.3 Å². The largest absolute Gasteiger partial charge is 0.480 e. The Hall–Kier alpha value is -1.43. The van der Waals surface area contributed by atoms with Crippen molar-refractivity contribution in [3.8, 4) is 0 Å². The molecule has 1 heterocycles. The highest BCUT2D eigenvalue weighted by Gasteiger charge is 2.32. The number of thiazole rings is 1. The van der Waals surface area contributed by atoms with Gasteiger partial charge in [-0.25, -0.2) is 4.79 Å². The number of rotatable bonds is 3. The average Bonchev–Trinajstić information content (AvgIpc) is 2.63. The molecule has 1 atom stereocenters. The third-order valence-corrected chi connectivity index (χ3v) is 2.82. The number of carbonyl (C=O) groups is 2. The number of hydrogen-bond acceptors (Lipinski definition) is 4. The van der Waals surface area contributed by atoms with Gasteiger partial charge in [0, 0.05) is 0 Å². The summed E-state index contributed by atoms with van der Waals surface area (Å²) in [5.74, 6) is -1.44. The molecule has 1 aromatic heterocycles. The summed E-state index contributed by atoms with van der Waals surface area (Å²) in [6.07, 6.45) is 1.42. The predicted octanol–water partition coefficient (Wildman–Crippen LogP) is 1.37. The van der Waals surface area contributed by atoms with E-state index in [4.69, 9.17) is 5.11 Å². The summed E-state index contributed by atoms with van der Waals surface area (Å²) in [6.45, 7) is 5.29. The Balaban J connectivity index is 2.78. The van der Waals surface area contributed by atoms with Crippen LogP contribution in [0.4, 0.5) is 0 Å². The molecular weight excluding hydrogens is 228 g/mol. The van der Waals surface area contributed by atoms with Crippen molar-refractivity contribution in [1.29, 1.82) is 0 Å². The minimum atomic E-state index is -1.04. The third-order valence-electron chi connectivity index (χ3n) is 2.04. The van der Waals surface area contributed by atoms with Gasteiger partial charge in [-0.3, -0.25) is 9.78 Å². The highest BCUT2D eigenvalue weighted by molar-refractivity contribution is 7.11. The number of carboxylic acid groups (broad SMARTS) is 1. The summed E-state index contributed by atoms with van der Waals surface area (Å²) in [7, 11) is 0. The molecule has 6 heteroatoms. The molecule has 0 saturated carbocycles. The van der Waals surface area contributed by atoms with Gasteiger partial charge in [0.25, 0.3) is 5.91 Å². The number of hydrogen-bond donors (Lipinski definition) is 2. The molecule has 5 nitrogen and oxygen atoms in total. The molecule has 0 saturated heterocycles. The van der Waals surface area contributed by atoms with Crippen molar-refractivity contribution >= 4 is 23.2 Å². The molecule has 2 N–H and O–H groups in total. The van der Waals surface area contributed by atoms with E-state index >= 15 is 0 Å². The summed E-state index contributed by atoms with van der Waals surface area (Å²) in [5, 5.41) is 11.5. The quantitative estimate of drug-likeness (QED) is 0.839. The molecular formula is C10H14N2O3S. The Morgan fingerprint density at radius 1 is 1.50 bits per heavy atom. The summed E-state index contributed by atoms with van der Waals surface area (Å²) >= 11 is 1.18. The second-order valence-corrected chi connectivity index (χ2v) is 5.36. The lowest BCUT2D eigenvalue weighted by atomic mass is 9.87. The zero-order chi connectivity index (χ0) is 12.3. The van der Waals surface area contributed by atoms with Crippen LogP contribution < -0.4 is 5.32 Å². The van der Waals surface area contributed by atoms with E-state index < -0.39 is 23.3 Å². The van der Waals surface area contributed by atoms with Crippen LogP contribution in [-0.2, 0) is 4.79 Å². The molecule has 1 amide bonds. The van der Waals surface area contributed by atoms with E-state index in [1.807, 2.05) is 0 Å². The minimum absolute atomic E-state index is 0.398. The Bertz CT molecular complexity index is 381. The van der Waals surface area contributed by atoms with Gasteiger partial charge in [-0.1, -0.05) is 20.8 Å². The lowest BCUT2D eigenvalue weighted by Gasteiger charge is -2.27. The molecule has 16 heavy (non-hydrogen) atoms. The fraction of sp³-hybridized carbons (Fsp3) is 0.500. The van der Waals surface area contributed by atoms with Crippen molar-refractivity contribution in [1.82, 2.24) is 10.3 Å². The first-order chi connectivity index (χ1) is 7.32. The molecule has 0 aliphatic carbocycles. The first kappa shape index (κ1) is 12.6. The number of carboxylic acids is 1. The molecule has 0 fully saturated rings. The first-order valence-corrected chi connectivity index (χ1v) is 5.62. The maximum absolute atomic E-state index is 11.7. The van der Waals surface area contributed by atoms with Crippen LogP contribution in [0, 0.1) is 5.41 Å². The van der Waals surface area contributed by atoms with Gasteiger partial charge in [0.15, 0.2) is 0 Å². The molecule has 0 aliphatic rings. The molecule has 0 aliphatic heterocycles. The zero-order valence-corrected chi connectivity index (χ0v) is 10.2. The van der Waals surface area contributed by atoms with Crippen molar-refractivity contribution in [2.45, 2.75) is 26.8 Å². The van der Waals surface area contributed by atoms with E-state index in [1.54, 1.807) is 20.8 Å². The number of aliphatic carboxylic acids is 1. The van der Waals surface area contributed by atoms with Crippen LogP contribution >= 0.6 is 11.3 Å². The fourth-order valence-corrected chi connectivity index (χ4v) is 1.70. The van der Waals surface area contributed by atoms with E-state index in [-0.39, 0.29) is 0 Å². The first-order valence-electron chi connectivity index (χ1n) is 4.74. The predicted molar refractivity (Wildman–Crippen MR) is 60.5 cm³/mol. The molecule has 0 aromatic carbocycles. The molecule has 0 spiro atoms. The number of nitrogens with zero attached hydrogens (tertiary/aromatic N) is 1. The SMILES string of the molecule is CC(C)(C)[C@@H](NC(=O)c1cncs1)C(=O)O. The monoisotopic (exact) mass is 242 g/mol.